The largest absolute Gasteiger partial charge is 0.403 e. The van der Waals surface area contributed by atoms with E-state index in [2.05, 4.69) is 5.32 Å². The van der Waals surface area contributed by atoms with Crippen molar-refractivity contribution in [2.45, 2.75) is 31.2 Å². The molecule has 0 bridgehead atoms. The van der Waals surface area contributed by atoms with Gasteiger partial charge in [-0.15, -0.1) is 12.4 Å². The van der Waals surface area contributed by atoms with Crippen LogP contribution in [0.15, 0.2) is 0 Å². The lowest BCUT2D eigenvalue weighted by atomic mass is 10.0. The molecule has 0 spiro atoms. The van der Waals surface area contributed by atoms with Gasteiger partial charge in [0.25, 0.3) is 0 Å². The van der Waals surface area contributed by atoms with Gasteiger partial charge in [0.2, 0.25) is 0 Å². The quantitative estimate of drug-likeness (QED) is 0.726. The maximum absolute atomic E-state index is 12.1. The minimum Gasteiger partial charge on any atom is -0.381 e. The molecular weight excluding hydrogens is 207 g/mol. The zero-order chi connectivity index (χ0) is 9.19. The lowest BCUT2D eigenvalue weighted by Crippen LogP contribution is -2.49. The summed E-state index contributed by atoms with van der Waals surface area (Å²) in [6, 6.07) is -1.39. The van der Waals surface area contributed by atoms with Gasteiger partial charge in [0.05, 0.1) is 6.10 Å². The van der Waals surface area contributed by atoms with Gasteiger partial charge >= 0.3 is 6.18 Å². The van der Waals surface area contributed by atoms with E-state index in [0.717, 1.165) is 0 Å². The highest BCUT2D eigenvalue weighted by Crippen LogP contribution is 2.26. The van der Waals surface area contributed by atoms with Crippen molar-refractivity contribution >= 4 is 12.4 Å². The molecule has 13 heavy (non-hydrogen) atoms. The summed E-state index contributed by atoms with van der Waals surface area (Å²) in [5, 5.41) is 2.42. The molecule has 80 valence electrons. The van der Waals surface area contributed by atoms with Crippen molar-refractivity contribution in [2.75, 3.05) is 13.7 Å². The summed E-state index contributed by atoms with van der Waals surface area (Å²) in [4.78, 5) is 0. The van der Waals surface area contributed by atoms with Crippen LogP contribution in [0.1, 0.15) is 12.8 Å². The van der Waals surface area contributed by atoms with Crippen LogP contribution in [0.3, 0.4) is 0 Å². The summed E-state index contributed by atoms with van der Waals surface area (Å²) in [5.41, 5.74) is 0. The van der Waals surface area contributed by atoms with Crippen LogP contribution in [0.2, 0.25) is 0 Å². The van der Waals surface area contributed by atoms with E-state index in [9.17, 15) is 13.2 Å². The number of ether oxygens (including phenoxy) is 1. The lowest BCUT2D eigenvalue weighted by molar-refractivity contribution is -0.168. The molecule has 0 aromatic heterocycles. The van der Waals surface area contributed by atoms with Gasteiger partial charge < -0.3 is 10.1 Å². The van der Waals surface area contributed by atoms with Crippen LogP contribution in [0.4, 0.5) is 13.2 Å². The van der Waals surface area contributed by atoms with Crippen molar-refractivity contribution < 1.29 is 17.9 Å². The Morgan fingerprint density at radius 1 is 1.38 bits per heavy atom. The minimum absolute atomic E-state index is 0. The molecule has 0 aliphatic carbocycles. The number of rotatable bonds is 1. The van der Waals surface area contributed by atoms with Gasteiger partial charge in [-0.05, 0) is 19.4 Å². The first-order chi connectivity index (χ1) is 5.54. The summed E-state index contributed by atoms with van der Waals surface area (Å²) in [6.45, 7) is 0.378. The molecule has 6 heteroatoms. The number of hydrogen-bond donors (Lipinski definition) is 1. The van der Waals surface area contributed by atoms with Crippen molar-refractivity contribution in [3.05, 3.63) is 0 Å². The Balaban J connectivity index is 0.00000144. The van der Waals surface area contributed by atoms with Gasteiger partial charge in [0, 0.05) is 7.11 Å². The van der Waals surface area contributed by atoms with Crippen molar-refractivity contribution in [1.82, 2.24) is 5.32 Å². The van der Waals surface area contributed by atoms with Crippen molar-refractivity contribution in [3.63, 3.8) is 0 Å². The number of alkyl halides is 3. The lowest BCUT2D eigenvalue weighted by Gasteiger charge is -2.30. The van der Waals surface area contributed by atoms with Crippen LogP contribution in [0.5, 0.6) is 0 Å². The van der Waals surface area contributed by atoms with Crippen LogP contribution in [0, 0.1) is 0 Å². The molecule has 1 N–H and O–H groups in total. The van der Waals surface area contributed by atoms with E-state index in [1.54, 1.807) is 0 Å². The van der Waals surface area contributed by atoms with Crippen molar-refractivity contribution in [3.8, 4) is 0 Å². The zero-order valence-electron chi connectivity index (χ0n) is 7.23. The first kappa shape index (κ1) is 13.0. The number of methoxy groups -OCH3 is 1. The van der Waals surface area contributed by atoms with Crippen LogP contribution < -0.4 is 5.32 Å². The molecule has 0 saturated carbocycles. The highest BCUT2D eigenvalue weighted by Gasteiger charge is 2.42. The molecule has 1 aliphatic heterocycles. The average molecular weight is 220 g/mol. The fourth-order valence-electron chi connectivity index (χ4n) is 1.35. The molecule has 0 unspecified atom stereocenters. The third-order valence-electron chi connectivity index (χ3n) is 2.08. The second-order valence-electron chi connectivity index (χ2n) is 2.93. The summed E-state index contributed by atoms with van der Waals surface area (Å²) in [5.74, 6) is 0. The topological polar surface area (TPSA) is 21.3 Å². The summed E-state index contributed by atoms with van der Waals surface area (Å²) < 4.78 is 41.3. The Hall–Kier alpha value is -0.0000000000000000555. The highest BCUT2D eigenvalue weighted by atomic mass is 35.5. The van der Waals surface area contributed by atoms with Crippen LogP contribution >= 0.6 is 12.4 Å². The Morgan fingerprint density at radius 2 is 2.00 bits per heavy atom. The van der Waals surface area contributed by atoms with E-state index in [-0.39, 0.29) is 24.9 Å². The van der Waals surface area contributed by atoms with E-state index in [1.807, 2.05) is 0 Å². The third-order valence-corrected chi connectivity index (χ3v) is 2.08. The molecule has 1 heterocycles. The number of halogens is 4. The zero-order valence-corrected chi connectivity index (χ0v) is 8.04. The summed E-state index contributed by atoms with van der Waals surface area (Å²) in [7, 11) is 1.45. The maximum Gasteiger partial charge on any atom is 0.403 e. The summed E-state index contributed by atoms with van der Waals surface area (Å²) >= 11 is 0. The molecule has 0 amide bonds. The second-order valence-corrected chi connectivity index (χ2v) is 2.93. The molecule has 0 aromatic rings. The summed E-state index contributed by atoms with van der Waals surface area (Å²) in [6.07, 6.45) is -3.71. The molecule has 1 saturated heterocycles. The SMILES string of the molecule is CO[C@@H]1CCN[C@H](C(F)(F)F)C1.Cl. The van der Waals surface area contributed by atoms with Gasteiger partial charge in [-0.3, -0.25) is 0 Å². The van der Waals surface area contributed by atoms with E-state index < -0.39 is 12.2 Å². The monoisotopic (exact) mass is 219 g/mol. The second kappa shape index (κ2) is 5.02. The van der Waals surface area contributed by atoms with E-state index >= 15 is 0 Å². The molecule has 0 aromatic carbocycles. The van der Waals surface area contributed by atoms with E-state index in [1.165, 1.54) is 7.11 Å². The fraction of sp³-hybridized carbons (Fsp3) is 1.00. The number of piperidine rings is 1. The molecular formula is C7H13ClF3NO. The first-order valence-corrected chi connectivity index (χ1v) is 3.87. The minimum atomic E-state index is -4.14. The predicted octanol–water partition coefficient (Wildman–Crippen LogP) is 1.74. The molecule has 1 rings (SSSR count). The van der Waals surface area contributed by atoms with E-state index in [0.29, 0.717) is 13.0 Å². The maximum atomic E-state index is 12.1. The van der Waals surface area contributed by atoms with Gasteiger partial charge in [-0.25, -0.2) is 0 Å². The molecule has 1 aliphatic rings. The van der Waals surface area contributed by atoms with Crippen LogP contribution in [-0.4, -0.2) is 32.0 Å². The fourth-order valence-corrected chi connectivity index (χ4v) is 1.35. The van der Waals surface area contributed by atoms with Crippen LogP contribution in [-0.2, 0) is 4.74 Å². The number of nitrogens with one attached hydrogen (secondary N) is 1. The average Bonchev–Trinajstić information content (AvgIpc) is 2.03. The number of hydrogen-bond acceptors (Lipinski definition) is 2. The smallest absolute Gasteiger partial charge is 0.381 e. The predicted molar refractivity (Wildman–Crippen MR) is 45.1 cm³/mol. The molecule has 2 atom stereocenters. The standard InChI is InChI=1S/C7H12F3NO.ClH/c1-12-5-2-3-11-6(4-5)7(8,9)10;/h5-6,11H,2-4H2,1H3;1H/t5-,6+;/m1./s1. The van der Waals surface area contributed by atoms with Crippen molar-refractivity contribution in [2.24, 2.45) is 0 Å². The Labute approximate surface area is 81.2 Å². The van der Waals surface area contributed by atoms with Gasteiger partial charge in [-0.2, -0.15) is 13.2 Å². The first-order valence-electron chi connectivity index (χ1n) is 3.87. The highest BCUT2D eigenvalue weighted by molar-refractivity contribution is 5.85. The third kappa shape index (κ3) is 3.70. The molecule has 0 radical (unpaired) electrons. The molecule has 2 nitrogen and oxygen atoms in total. The normalized spacial score (nSPS) is 29.5. The van der Waals surface area contributed by atoms with Gasteiger partial charge in [0.1, 0.15) is 6.04 Å². The van der Waals surface area contributed by atoms with Gasteiger partial charge in [0.15, 0.2) is 0 Å². The van der Waals surface area contributed by atoms with Crippen molar-refractivity contribution in [1.29, 1.82) is 0 Å². The van der Waals surface area contributed by atoms with Gasteiger partial charge in [-0.1, -0.05) is 0 Å². The van der Waals surface area contributed by atoms with E-state index in [4.69, 9.17) is 4.74 Å². The Bertz CT molecular complexity index is 153. The Kier molecular flexibility index (Phi) is 5.02. The Morgan fingerprint density at radius 3 is 2.46 bits per heavy atom. The van der Waals surface area contributed by atoms with Crippen LogP contribution in [0.25, 0.3) is 0 Å². The molecule has 1 fully saturated rings.